The van der Waals surface area contributed by atoms with Gasteiger partial charge in [-0.25, -0.2) is 9.18 Å². The van der Waals surface area contributed by atoms with Crippen molar-refractivity contribution in [3.8, 4) is 0 Å². The summed E-state index contributed by atoms with van der Waals surface area (Å²) in [7, 11) is 1.45. The number of carbonyl (C=O) groups is 1. The van der Waals surface area contributed by atoms with E-state index in [0.717, 1.165) is 4.41 Å². The molecule has 0 bridgehead atoms. The highest BCUT2D eigenvalue weighted by molar-refractivity contribution is 8.01. The van der Waals surface area contributed by atoms with E-state index in [4.69, 9.17) is 27.9 Å². The van der Waals surface area contributed by atoms with E-state index in [-0.39, 0.29) is 18.6 Å². The van der Waals surface area contributed by atoms with E-state index >= 15 is 0 Å². The quantitative estimate of drug-likeness (QED) is 0.648. The van der Waals surface area contributed by atoms with Crippen molar-refractivity contribution in [1.82, 2.24) is 9.84 Å². The molecule has 5 nitrogen and oxygen atoms in total. The Morgan fingerprint density at radius 1 is 1.43 bits per heavy atom. The molecule has 0 aromatic heterocycles. The minimum atomic E-state index is -2.67. The van der Waals surface area contributed by atoms with Gasteiger partial charge < -0.3 is 4.74 Å². The van der Waals surface area contributed by atoms with Crippen LogP contribution in [0.25, 0.3) is 0 Å². The lowest BCUT2D eigenvalue weighted by atomic mass is 10.2. The van der Waals surface area contributed by atoms with E-state index in [9.17, 15) is 13.6 Å². The summed E-state index contributed by atoms with van der Waals surface area (Å²) in [4.78, 5) is 13.6. The van der Waals surface area contributed by atoms with Gasteiger partial charge in [0.1, 0.15) is 12.0 Å². The van der Waals surface area contributed by atoms with Gasteiger partial charge in [0.2, 0.25) is 0 Å². The zero-order chi connectivity index (χ0) is 15.6. The van der Waals surface area contributed by atoms with Crippen molar-refractivity contribution >= 4 is 46.9 Å². The van der Waals surface area contributed by atoms with Gasteiger partial charge >= 0.3 is 9.95 Å². The minimum Gasteiger partial charge on any atom is -0.381 e. The highest BCUT2D eigenvalue weighted by Gasteiger charge is 2.42. The number of hydrogen-bond acceptors (Lipinski definition) is 4. The van der Waals surface area contributed by atoms with Crippen LogP contribution in [0.3, 0.4) is 0 Å². The third-order valence-electron chi connectivity index (χ3n) is 2.58. The molecule has 0 aliphatic carbocycles. The van der Waals surface area contributed by atoms with Gasteiger partial charge in [0.15, 0.2) is 0 Å². The van der Waals surface area contributed by atoms with Crippen LogP contribution in [0.5, 0.6) is 0 Å². The molecule has 2 amide bonds. The number of hydrogen-bond donors (Lipinski definition) is 1. The first-order chi connectivity index (χ1) is 9.81. The summed E-state index contributed by atoms with van der Waals surface area (Å²) >= 11 is 10.8. The molecule has 1 saturated heterocycles. The second kappa shape index (κ2) is 6.53. The van der Waals surface area contributed by atoms with Crippen LogP contribution in [0.15, 0.2) is 24.3 Å². The zero-order valence-electron chi connectivity index (χ0n) is 10.7. The van der Waals surface area contributed by atoms with Crippen molar-refractivity contribution in [3.05, 3.63) is 30.1 Å². The Bertz CT molecular complexity index is 515. The first-order valence-corrected chi connectivity index (χ1v) is 7.24. The average molecular weight is 358 g/mol. The molecule has 1 fully saturated rings. The highest BCUT2D eigenvalue weighted by Crippen LogP contribution is 2.40. The summed E-state index contributed by atoms with van der Waals surface area (Å²) in [5.74, 6) is -0.433. The molecule has 1 heterocycles. The zero-order valence-corrected chi connectivity index (χ0v) is 13.1. The predicted molar refractivity (Wildman–Crippen MR) is 78.0 cm³/mol. The lowest BCUT2D eigenvalue weighted by molar-refractivity contribution is 0.165. The Balaban J connectivity index is 2.24. The highest BCUT2D eigenvalue weighted by atomic mass is 35.5. The van der Waals surface area contributed by atoms with Gasteiger partial charge in [-0.05, 0) is 24.3 Å². The predicted octanol–water partition coefficient (Wildman–Crippen LogP) is 3.25. The number of ether oxygens (including phenoxy) is 1. The Hall–Kier alpha value is -0.800. The van der Waals surface area contributed by atoms with Crippen molar-refractivity contribution in [2.75, 3.05) is 18.6 Å². The van der Waals surface area contributed by atoms with E-state index in [0.29, 0.717) is 5.69 Å². The van der Waals surface area contributed by atoms with Crippen LogP contribution in [0.4, 0.5) is 19.3 Å². The van der Waals surface area contributed by atoms with E-state index in [1.54, 1.807) is 0 Å². The molecule has 1 aromatic carbocycles. The summed E-state index contributed by atoms with van der Waals surface area (Å²) in [5, 5.41) is 0. The number of benzene rings is 1. The van der Waals surface area contributed by atoms with E-state index < -0.39 is 21.9 Å². The molecule has 1 aliphatic rings. The van der Waals surface area contributed by atoms with Gasteiger partial charge in [-0.3, -0.25) is 4.90 Å². The molecule has 1 aliphatic heterocycles. The van der Waals surface area contributed by atoms with Gasteiger partial charge in [-0.2, -0.15) is 14.2 Å². The molecule has 2 rings (SSSR count). The maximum absolute atomic E-state index is 13.3. The maximum Gasteiger partial charge on any atom is 0.351 e. The van der Waals surface area contributed by atoms with Crippen molar-refractivity contribution in [2.45, 2.75) is 10.1 Å². The number of halogens is 4. The number of carbonyl (C=O) groups excluding carboxylic acids is 1. The number of alkyl halides is 3. The molecule has 1 aromatic rings. The van der Waals surface area contributed by atoms with Gasteiger partial charge in [-0.1, -0.05) is 23.2 Å². The molecular formula is C11H11Cl2F2N3O2S. The van der Waals surface area contributed by atoms with Crippen molar-refractivity contribution < 1.29 is 18.3 Å². The van der Waals surface area contributed by atoms with Gasteiger partial charge in [0.05, 0.1) is 6.61 Å². The fourth-order valence-corrected chi connectivity index (χ4v) is 2.77. The van der Waals surface area contributed by atoms with Crippen molar-refractivity contribution in [2.24, 2.45) is 0 Å². The van der Waals surface area contributed by atoms with Gasteiger partial charge in [0, 0.05) is 24.7 Å². The van der Waals surface area contributed by atoms with Crippen LogP contribution in [0, 0.1) is 5.82 Å². The van der Waals surface area contributed by atoms with Gasteiger partial charge in [0.25, 0.3) is 0 Å². The number of rotatable bonds is 5. The summed E-state index contributed by atoms with van der Waals surface area (Å²) in [6.07, 6.45) is -0.601. The standard InChI is InChI=1S/C11H11Cl2F2N3O2S/c1-20-6-9-16-18(21-11(12,13)15)10(19)17(9)8-4-2-7(14)3-5-8/h2-5,9,16H,6H2,1H3. The van der Waals surface area contributed by atoms with E-state index in [1.165, 1.54) is 36.3 Å². The molecule has 1 atom stereocenters. The number of nitrogens with one attached hydrogen (secondary N) is 1. The third kappa shape index (κ3) is 4.10. The number of hydrazine groups is 1. The fourth-order valence-electron chi connectivity index (χ4n) is 1.81. The average Bonchev–Trinajstić information content (AvgIpc) is 2.66. The summed E-state index contributed by atoms with van der Waals surface area (Å²) in [6.45, 7) is 0.129. The van der Waals surface area contributed by atoms with Crippen LogP contribution in [-0.2, 0) is 4.74 Å². The molecule has 0 saturated carbocycles. The topological polar surface area (TPSA) is 44.8 Å². The number of amides is 2. The summed E-state index contributed by atoms with van der Waals surface area (Å²) < 4.78 is 29.4. The fraction of sp³-hybridized carbons (Fsp3) is 0.364. The summed E-state index contributed by atoms with van der Waals surface area (Å²) in [6, 6.07) is 4.68. The van der Waals surface area contributed by atoms with Crippen LogP contribution in [-0.4, -0.2) is 34.2 Å². The van der Waals surface area contributed by atoms with E-state index in [1.807, 2.05) is 0 Å². The number of methoxy groups -OCH3 is 1. The lowest BCUT2D eigenvalue weighted by Gasteiger charge is -2.21. The van der Waals surface area contributed by atoms with Crippen LogP contribution >= 0.6 is 35.1 Å². The third-order valence-corrected chi connectivity index (χ3v) is 3.65. The Morgan fingerprint density at radius 3 is 2.57 bits per heavy atom. The molecule has 0 spiro atoms. The molecule has 0 radical (unpaired) electrons. The molecule has 21 heavy (non-hydrogen) atoms. The number of urea groups is 1. The Morgan fingerprint density at radius 2 is 2.05 bits per heavy atom. The van der Waals surface area contributed by atoms with Crippen LogP contribution in [0.2, 0.25) is 0 Å². The number of nitrogens with zero attached hydrogens (tertiary/aromatic N) is 2. The van der Waals surface area contributed by atoms with Crippen molar-refractivity contribution in [3.63, 3.8) is 0 Å². The molecule has 116 valence electrons. The lowest BCUT2D eigenvalue weighted by Crippen LogP contribution is -2.41. The normalized spacial score (nSPS) is 19.5. The van der Waals surface area contributed by atoms with E-state index in [2.05, 4.69) is 5.43 Å². The van der Waals surface area contributed by atoms with Crippen LogP contribution < -0.4 is 10.3 Å². The largest absolute Gasteiger partial charge is 0.381 e. The molecule has 10 heteroatoms. The van der Waals surface area contributed by atoms with Crippen molar-refractivity contribution in [1.29, 1.82) is 0 Å². The number of anilines is 1. The molecule has 1 unspecified atom stereocenters. The second-order valence-electron chi connectivity index (χ2n) is 4.06. The SMILES string of the molecule is COCC1NN(SC(F)(Cl)Cl)C(=O)N1c1ccc(F)cc1. The Labute approximate surface area is 134 Å². The maximum atomic E-state index is 13.3. The first-order valence-electron chi connectivity index (χ1n) is 5.71. The Kier molecular flexibility index (Phi) is 5.15. The molecule has 1 N–H and O–H groups in total. The smallest absolute Gasteiger partial charge is 0.351 e. The first kappa shape index (κ1) is 16.6. The van der Waals surface area contributed by atoms with Crippen LogP contribution in [0.1, 0.15) is 0 Å². The minimum absolute atomic E-state index is 0.129. The summed E-state index contributed by atoms with van der Waals surface area (Å²) in [5.41, 5.74) is 3.13. The second-order valence-corrected chi connectivity index (χ2v) is 6.85. The molecular weight excluding hydrogens is 347 g/mol. The van der Waals surface area contributed by atoms with Gasteiger partial charge in [-0.15, -0.1) is 0 Å². The monoisotopic (exact) mass is 357 g/mol.